The molecule has 1 aromatic heterocycles. The zero-order valence-corrected chi connectivity index (χ0v) is 20.8. The largest absolute Gasteiger partial charge is 0.384 e. The second kappa shape index (κ2) is 9.62. The normalized spacial score (nSPS) is 14.5. The van der Waals surface area contributed by atoms with Gasteiger partial charge in [-0.2, -0.15) is 0 Å². The molecule has 6 N–H and O–H groups in total. The third kappa shape index (κ3) is 4.40. The van der Waals surface area contributed by atoms with Crippen LogP contribution >= 0.6 is 0 Å². The van der Waals surface area contributed by atoms with E-state index in [0.29, 0.717) is 17.6 Å². The van der Waals surface area contributed by atoms with Crippen LogP contribution in [0.2, 0.25) is 0 Å². The number of nitrogens with one attached hydrogen (secondary N) is 2. The van der Waals surface area contributed by atoms with E-state index in [1.807, 2.05) is 36.4 Å². The number of rotatable bonds is 7. The van der Waals surface area contributed by atoms with Gasteiger partial charge < -0.3 is 21.5 Å². The number of amides is 1. The van der Waals surface area contributed by atoms with E-state index in [9.17, 15) is 4.79 Å². The molecule has 4 aromatic rings. The Bertz CT molecular complexity index is 1460. The minimum atomic E-state index is -0.487. The number of hydrogen-bond donors (Lipinski definition) is 4. The average Bonchev–Trinajstić information content (AvgIpc) is 3.22. The number of nitrogen functional groups attached to an aromatic ring is 1. The van der Waals surface area contributed by atoms with Gasteiger partial charge in [0.05, 0.1) is 16.8 Å². The number of imidazole rings is 1. The first-order valence-electron chi connectivity index (χ1n) is 12.5. The molecule has 0 aliphatic carbocycles. The van der Waals surface area contributed by atoms with Crippen molar-refractivity contribution in [2.45, 2.75) is 45.6 Å². The van der Waals surface area contributed by atoms with Crippen molar-refractivity contribution in [2.75, 3.05) is 18.5 Å². The lowest BCUT2D eigenvalue weighted by Crippen LogP contribution is -2.34. The molecule has 0 radical (unpaired) electrons. The Kier molecular flexibility index (Phi) is 6.36. The lowest BCUT2D eigenvalue weighted by atomic mass is 9.98. The Hall–Kier alpha value is -3.91. The van der Waals surface area contributed by atoms with E-state index in [1.165, 1.54) is 6.42 Å². The molecule has 1 saturated heterocycles. The van der Waals surface area contributed by atoms with Crippen molar-refractivity contribution in [2.24, 2.45) is 11.5 Å². The summed E-state index contributed by atoms with van der Waals surface area (Å²) in [5, 5.41) is 12.2. The topological polar surface area (TPSA) is 126 Å². The molecule has 36 heavy (non-hydrogen) atoms. The van der Waals surface area contributed by atoms with E-state index in [2.05, 4.69) is 41.0 Å². The number of carbonyl (C=O) groups is 1. The van der Waals surface area contributed by atoms with Crippen LogP contribution < -0.4 is 16.9 Å². The summed E-state index contributed by atoms with van der Waals surface area (Å²) in [7, 11) is 0. The van der Waals surface area contributed by atoms with Crippen LogP contribution in [0.3, 0.4) is 0 Å². The fraction of sp³-hybridized carbons (Fsp3) is 0.321. The number of piperidine rings is 1. The number of primary amides is 1. The van der Waals surface area contributed by atoms with Crippen LogP contribution in [0.5, 0.6) is 0 Å². The number of aromatic nitrogens is 2. The van der Waals surface area contributed by atoms with E-state index in [1.54, 1.807) is 0 Å². The van der Waals surface area contributed by atoms with Gasteiger partial charge in [0.2, 0.25) is 0 Å². The highest BCUT2D eigenvalue weighted by atomic mass is 16.1. The lowest BCUT2D eigenvalue weighted by Gasteiger charge is -2.28. The fourth-order valence-corrected chi connectivity index (χ4v) is 5.19. The molecule has 186 valence electrons. The molecule has 0 spiro atoms. The Balaban J connectivity index is 1.67. The van der Waals surface area contributed by atoms with E-state index < -0.39 is 5.91 Å². The summed E-state index contributed by atoms with van der Waals surface area (Å²) in [6, 6.07) is 15.8. The van der Waals surface area contributed by atoms with Crippen LogP contribution in [-0.2, 0) is 6.54 Å². The van der Waals surface area contributed by atoms with Gasteiger partial charge in [-0.05, 0) is 41.3 Å². The van der Waals surface area contributed by atoms with Crippen LogP contribution in [0, 0.1) is 5.41 Å². The summed E-state index contributed by atoms with van der Waals surface area (Å²) in [4.78, 5) is 17.4. The molecule has 0 atom stereocenters. The summed E-state index contributed by atoms with van der Waals surface area (Å²) in [5.41, 5.74) is 19.7. The molecule has 0 unspecified atom stereocenters. The van der Waals surface area contributed by atoms with Crippen molar-refractivity contribution in [1.29, 1.82) is 5.41 Å². The number of hydrogen-bond acceptors (Lipinski definition) is 5. The van der Waals surface area contributed by atoms with Crippen LogP contribution in [0.4, 0.5) is 5.69 Å². The first kappa shape index (κ1) is 23.8. The van der Waals surface area contributed by atoms with Crippen LogP contribution in [0.1, 0.15) is 66.3 Å². The number of nitrogens with two attached hydrogens (primary N) is 2. The number of benzene rings is 3. The first-order chi connectivity index (χ1) is 17.3. The second-order valence-corrected chi connectivity index (χ2v) is 9.86. The summed E-state index contributed by atoms with van der Waals surface area (Å²) < 4.78 is 2.18. The lowest BCUT2D eigenvalue weighted by molar-refractivity contribution is 0.100. The van der Waals surface area contributed by atoms with Crippen molar-refractivity contribution in [3.63, 3.8) is 0 Å². The molecule has 1 fully saturated rings. The average molecular weight is 484 g/mol. The zero-order chi connectivity index (χ0) is 25.4. The number of carbonyl (C=O) groups excluding carboxylic acids is 1. The quantitative estimate of drug-likeness (QED) is 0.226. The number of anilines is 1. The predicted octanol–water partition coefficient (Wildman–Crippen LogP) is 4.56. The molecule has 0 saturated carbocycles. The molecular weight excluding hydrogens is 450 g/mol. The Labute approximate surface area is 210 Å². The highest BCUT2D eigenvalue weighted by Gasteiger charge is 2.21. The van der Waals surface area contributed by atoms with Gasteiger partial charge >= 0.3 is 0 Å². The summed E-state index contributed by atoms with van der Waals surface area (Å²) >= 11 is 0. The van der Waals surface area contributed by atoms with Crippen LogP contribution in [0.25, 0.3) is 21.8 Å². The van der Waals surface area contributed by atoms with E-state index in [-0.39, 0.29) is 11.8 Å². The Morgan fingerprint density at radius 2 is 1.75 bits per heavy atom. The molecule has 8 nitrogen and oxygen atoms in total. The molecule has 1 aliphatic heterocycles. The maximum absolute atomic E-state index is 12.5. The second-order valence-electron chi connectivity index (χ2n) is 9.86. The van der Waals surface area contributed by atoms with Gasteiger partial charge in [0, 0.05) is 31.1 Å². The number of hydrazine groups is 1. The van der Waals surface area contributed by atoms with Crippen LogP contribution in [0.15, 0.2) is 48.5 Å². The maximum Gasteiger partial charge on any atom is 0.251 e. The van der Waals surface area contributed by atoms with Gasteiger partial charge in [0.15, 0.2) is 0 Å². The molecule has 3 aromatic carbocycles. The van der Waals surface area contributed by atoms with Gasteiger partial charge in [-0.25, -0.2) is 9.99 Å². The maximum atomic E-state index is 12.5. The van der Waals surface area contributed by atoms with Crippen LogP contribution in [-0.4, -0.2) is 39.4 Å². The highest BCUT2D eigenvalue weighted by Crippen LogP contribution is 2.31. The molecular formula is C28H33N7O. The molecule has 1 amide bonds. The SMILES string of the molecule is CC(C)c1nc2c(C(N)=O)cc(NN3CCCCC3)cc2n1Cc1ccc(C(=N)N)c2ccccc12. The third-order valence-corrected chi connectivity index (χ3v) is 6.94. The fourth-order valence-electron chi connectivity index (χ4n) is 5.19. The highest BCUT2D eigenvalue weighted by molar-refractivity contribution is 6.08. The predicted molar refractivity (Wildman–Crippen MR) is 145 cm³/mol. The molecule has 0 bridgehead atoms. The number of amidine groups is 1. The van der Waals surface area contributed by atoms with Crippen molar-refractivity contribution >= 4 is 39.2 Å². The molecule has 2 heterocycles. The van der Waals surface area contributed by atoms with Gasteiger partial charge in [-0.15, -0.1) is 0 Å². The van der Waals surface area contributed by atoms with Gasteiger partial charge in [-0.1, -0.05) is 56.7 Å². The number of fused-ring (bicyclic) bond motifs is 2. The van der Waals surface area contributed by atoms with E-state index in [4.69, 9.17) is 21.9 Å². The van der Waals surface area contributed by atoms with Crippen molar-refractivity contribution in [3.05, 3.63) is 71.0 Å². The van der Waals surface area contributed by atoms with E-state index >= 15 is 0 Å². The molecule has 8 heteroatoms. The Morgan fingerprint density at radius 1 is 1.03 bits per heavy atom. The van der Waals surface area contributed by atoms with Crippen molar-refractivity contribution in [1.82, 2.24) is 14.6 Å². The first-order valence-corrected chi connectivity index (χ1v) is 12.5. The number of nitrogens with zero attached hydrogens (tertiary/aromatic N) is 3. The van der Waals surface area contributed by atoms with Gasteiger partial charge in [0.25, 0.3) is 5.91 Å². The Morgan fingerprint density at radius 3 is 2.42 bits per heavy atom. The van der Waals surface area contributed by atoms with Crippen molar-refractivity contribution in [3.8, 4) is 0 Å². The van der Waals surface area contributed by atoms with Gasteiger partial charge in [-0.3, -0.25) is 10.2 Å². The zero-order valence-electron chi connectivity index (χ0n) is 20.8. The standard InChI is InChI=1S/C28H33N7O/c1-17(2)28-32-25-23(27(31)36)14-19(33-34-12-6-3-7-13-34)15-24(25)35(28)16-18-10-11-22(26(29)30)21-9-5-4-8-20(18)21/h4-5,8-11,14-15,17,33H,3,6-7,12-13,16H2,1-2H3,(H3,29,30)(H2,31,36). The van der Waals surface area contributed by atoms with Crippen molar-refractivity contribution < 1.29 is 4.79 Å². The third-order valence-electron chi connectivity index (χ3n) is 6.94. The van der Waals surface area contributed by atoms with Gasteiger partial charge in [0.1, 0.15) is 17.2 Å². The minimum Gasteiger partial charge on any atom is -0.384 e. The monoisotopic (exact) mass is 483 g/mol. The molecule has 1 aliphatic rings. The minimum absolute atomic E-state index is 0.0493. The van der Waals surface area contributed by atoms with E-state index in [0.717, 1.165) is 64.9 Å². The smallest absolute Gasteiger partial charge is 0.251 e. The molecule has 5 rings (SSSR count). The summed E-state index contributed by atoms with van der Waals surface area (Å²) in [6.45, 7) is 6.70. The summed E-state index contributed by atoms with van der Waals surface area (Å²) in [5.74, 6) is 0.591. The summed E-state index contributed by atoms with van der Waals surface area (Å²) in [6.07, 6.45) is 3.54.